The minimum atomic E-state index is -0.305. The van der Waals surface area contributed by atoms with E-state index in [0.717, 1.165) is 24.2 Å². The first-order chi connectivity index (χ1) is 13.4. The second-order valence-electron chi connectivity index (χ2n) is 9.19. The average molecular weight is 388 g/mol. The van der Waals surface area contributed by atoms with Gasteiger partial charge in [0.15, 0.2) is 0 Å². The van der Waals surface area contributed by atoms with Gasteiger partial charge < -0.3 is 14.0 Å². The Kier molecular flexibility index (Phi) is 9.36. The Hall–Kier alpha value is -0.995. The number of benzene rings is 1. The van der Waals surface area contributed by atoms with Gasteiger partial charge in [0.05, 0.1) is 17.8 Å². The first-order valence-corrected chi connectivity index (χ1v) is 11.4. The molecule has 1 heterocycles. The van der Waals surface area contributed by atoms with Crippen LogP contribution in [-0.4, -0.2) is 24.9 Å². The van der Waals surface area contributed by atoms with Gasteiger partial charge in [-0.05, 0) is 51.7 Å². The molecule has 1 aliphatic rings. The Morgan fingerprint density at radius 3 is 1.68 bits per heavy atom. The summed E-state index contributed by atoms with van der Waals surface area (Å²) in [5.74, 6) is 0.927. The first-order valence-electron chi connectivity index (χ1n) is 11.4. The van der Waals surface area contributed by atoms with E-state index >= 15 is 0 Å². The molecule has 0 saturated carbocycles. The van der Waals surface area contributed by atoms with Crippen molar-refractivity contribution in [3.8, 4) is 5.75 Å². The van der Waals surface area contributed by atoms with Crippen LogP contribution in [0.2, 0.25) is 0 Å². The highest BCUT2D eigenvalue weighted by Gasteiger charge is 2.51. The molecule has 0 spiro atoms. The van der Waals surface area contributed by atoms with E-state index < -0.39 is 0 Å². The molecule has 0 aliphatic carbocycles. The Morgan fingerprint density at radius 1 is 0.714 bits per heavy atom. The lowest BCUT2D eigenvalue weighted by atomic mass is 9.79. The van der Waals surface area contributed by atoms with E-state index in [9.17, 15) is 0 Å². The van der Waals surface area contributed by atoms with Crippen LogP contribution in [-0.2, 0) is 9.31 Å². The summed E-state index contributed by atoms with van der Waals surface area (Å²) in [4.78, 5) is 0. The van der Waals surface area contributed by atoms with Gasteiger partial charge in [0, 0.05) is 0 Å². The third-order valence-electron chi connectivity index (χ3n) is 6.17. The lowest BCUT2D eigenvalue weighted by molar-refractivity contribution is 0.00578. The van der Waals surface area contributed by atoms with Gasteiger partial charge in [0.25, 0.3) is 0 Å². The maximum absolute atomic E-state index is 6.10. The van der Waals surface area contributed by atoms with Crippen molar-refractivity contribution in [1.29, 1.82) is 0 Å². The van der Waals surface area contributed by atoms with Crippen molar-refractivity contribution in [3.63, 3.8) is 0 Å². The van der Waals surface area contributed by atoms with Crippen LogP contribution in [0.15, 0.2) is 24.3 Å². The maximum atomic E-state index is 6.10. The lowest BCUT2D eigenvalue weighted by Crippen LogP contribution is -2.41. The highest BCUT2D eigenvalue weighted by atomic mass is 16.7. The second-order valence-corrected chi connectivity index (χ2v) is 9.19. The molecule has 0 N–H and O–H groups in total. The molecule has 3 nitrogen and oxygen atoms in total. The van der Waals surface area contributed by atoms with Crippen LogP contribution >= 0.6 is 0 Å². The van der Waals surface area contributed by atoms with Gasteiger partial charge in [-0.15, -0.1) is 0 Å². The monoisotopic (exact) mass is 388 g/mol. The van der Waals surface area contributed by atoms with Crippen molar-refractivity contribution >= 4 is 12.6 Å². The van der Waals surface area contributed by atoms with Crippen molar-refractivity contribution in [2.45, 2.75) is 110 Å². The highest BCUT2D eigenvalue weighted by molar-refractivity contribution is 6.62. The average Bonchev–Trinajstić information content (AvgIpc) is 2.87. The molecule has 4 heteroatoms. The van der Waals surface area contributed by atoms with Gasteiger partial charge in [-0.3, -0.25) is 0 Å². The van der Waals surface area contributed by atoms with E-state index in [-0.39, 0.29) is 18.3 Å². The quantitative estimate of drug-likeness (QED) is 0.294. The first kappa shape index (κ1) is 23.3. The molecule has 1 saturated heterocycles. The van der Waals surface area contributed by atoms with E-state index in [1.807, 2.05) is 12.1 Å². The van der Waals surface area contributed by atoms with Crippen LogP contribution in [0, 0.1) is 0 Å². The maximum Gasteiger partial charge on any atom is 0.494 e. The summed E-state index contributed by atoms with van der Waals surface area (Å²) < 4.78 is 18.1. The predicted molar refractivity (Wildman–Crippen MR) is 119 cm³/mol. The van der Waals surface area contributed by atoms with Crippen LogP contribution in [0.3, 0.4) is 0 Å². The molecule has 1 aromatic carbocycles. The van der Waals surface area contributed by atoms with E-state index in [4.69, 9.17) is 14.0 Å². The zero-order valence-electron chi connectivity index (χ0n) is 18.9. The minimum Gasteiger partial charge on any atom is -0.494 e. The number of hydrogen-bond donors (Lipinski definition) is 0. The standard InChI is InChI=1S/C24H41BO3/c1-6-7-8-9-10-11-12-13-14-15-20-26-22-18-16-21(17-19-22)25-27-23(2,3)24(4,5)28-25/h16-19H,6-15,20H2,1-5H3. The molecule has 0 atom stereocenters. The summed E-state index contributed by atoms with van der Waals surface area (Å²) in [5, 5.41) is 0. The molecular formula is C24H41BO3. The predicted octanol–water partition coefficient (Wildman–Crippen LogP) is 6.29. The van der Waals surface area contributed by atoms with Crippen molar-refractivity contribution in [3.05, 3.63) is 24.3 Å². The summed E-state index contributed by atoms with van der Waals surface area (Å²) >= 11 is 0. The third kappa shape index (κ3) is 7.11. The van der Waals surface area contributed by atoms with E-state index in [0.29, 0.717) is 0 Å². The zero-order valence-corrected chi connectivity index (χ0v) is 18.9. The topological polar surface area (TPSA) is 27.7 Å². The molecule has 158 valence electrons. The van der Waals surface area contributed by atoms with E-state index in [2.05, 4.69) is 46.8 Å². The van der Waals surface area contributed by atoms with Gasteiger partial charge in [-0.25, -0.2) is 0 Å². The summed E-state index contributed by atoms with van der Waals surface area (Å²) in [5.41, 5.74) is 0.440. The molecule has 0 radical (unpaired) electrons. The Bertz CT molecular complexity index is 537. The summed E-state index contributed by atoms with van der Waals surface area (Å²) in [6, 6.07) is 8.15. The van der Waals surface area contributed by atoms with Crippen LogP contribution in [0.1, 0.15) is 98.8 Å². The molecule has 0 aromatic heterocycles. The van der Waals surface area contributed by atoms with E-state index in [1.165, 1.54) is 57.8 Å². The van der Waals surface area contributed by atoms with Gasteiger partial charge in [0.1, 0.15) is 5.75 Å². The highest BCUT2D eigenvalue weighted by Crippen LogP contribution is 2.36. The number of hydrogen-bond acceptors (Lipinski definition) is 3. The molecule has 0 unspecified atom stereocenters. The largest absolute Gasteiger partial charge is 0.494 e. The van der Waals surface area contributed by atoms with Crippen molar-refractivity contribution < 1.29 is 14.0 Å². The van der Waals surface area contributed by atoms with Crippen LogP contribution < -0.4 is 10.2 Å². The number of unbranched alkanes of at least 4 members (excludes halogenated alkanes) is 9. The lowest BCUT2D eigenvalue weighted by Gasteiger charge is -2.32. The molecule has 1 aromatic rings. The van der Waals surface area contributed by atoms with E-state index in [1.54, 1.807) is 0 Å². The van der Waals surface area contributed by atoms with Crippen molar-refractivity contribution in [2.24, 2.45) is 0 Å². The SMILES string of the molecule is CCCCCCCCCCCCOc1ccc(B2OC(C)(C)C(C)(C)O2)cc1. The molecule has 1 fully saturated rings. The minimum absolute atomic E-state index is 0.303. The smallest absolute Gasteiger partial charge is 0.494 e. The molecule has 0 amide bonds. The van der Waals surface area contributed by atoms with Gasteiger partial charge in [0.2, 0.25) is 0 Å². The molecule has 2 rings (SSSR count). The second kappa shape index (κ2) is 11.3. The molecule has 1 aliphatic heterocycles. The molecule has 28 heavy (non-hydrogen) atoms. The number of rotatable bonds is 13. The van der Waals surface area contributed by atoms with Crippen molar-refractivity contribution in [2.75, 3.05) is 6.61 Å². The number of ether oxygens (including phenoxy) is 1. The fraction of sp³-hybridized carbons (Fsp3) is 0.750. The van der Waals surface area contributed by atoms with Crippen molar-refractivity contribution in [1.82, 2.24) is 0 Å². The van der Waals surface area contributed by atoms with Crippen LogP contribution in [0.5, 0.6) is 5.75 Å². The van der Waals surface area contributed by atoms with Gasteiger partial charge in [-0.2, -0.15) is 0 Å². The molecule has 0 bridgehead atoms. The van der Waals surface area contributed by atoms with Gasteiger partial charge in [-0.1, -0.05) is 76.8 Å². The fourth-order valence-corrected chi connectivity index (χ4v) is 3.48. The Morgan fingerprint density at radius 2 is 1.18 bits per heavy atom. The zero-order chi connectivity index (χ0) is 20.5. The Labute approximate surface area is 173 Å². The summed E-state index contributed by atoms with van der Waals surface area (Å²) in [6.07, 6.45) is 13.5. The molecular weight excluding hydrogens is 347 g/mol. The normalized spacial score (nSPS) is 17.8. The Balaban J connectivity index is 1.57. The third-order valence-corrected chi connectivity index (χ3v) is 6.17. The van der Waals surface area contributed by atoms with Crippen LogP contribution in [0.25, 0.3) is 0 Å². The van der Waals surface area contributed by atoms with Gasteiger partial charge >= 0.3 is 7.12 Å². The van der Waals surface area contributed by atoms with Crippen LogP contribution in [0.4, 0.5) is 0 Å². The fourth-order valence-electron chi connectivity index (χ4n) is 3.48. The summed E-state index contributed by atoms with van der Waals surface area (Å²) in [7, 11) is -0.305. The summed E-state index contributed by atoms with van der Waals surface area (Å²) in [6.45, 7) is 11.4.